The number of amides is 2. The highest BCUT2D eigenvalue weighted by Crippen LogP contribution is 2.36. The molecule has 31 heavy (non-hydrogen) atoms. The van der Waals surface area contributed by atoms with Gasteiger partial charge >= 0.3 is 0 Å². The van der Waals surface area contributed by atoms with Crippen LogP contribution in [-0.4, -0.2) is 39.6 Å². The van der Waals surface area contributed by atoms with Gasteiger partial charge in [0, 0.05) is 23.4 Å². The lowest BCUT2D eigenvalue weighted by molar-refractivity contribution is -0.137. The minimum atomic E-state index is -1.31. The molecule has 2 aromatic rings. The Bertz CT molecular complexity index is 1140. The first-order valence-corrected chi connectivity index (χ1v) is 10.4. The summed E-state index contributed by atoms with van der Waals surface area (Å²) in [7, 11) is 0. The second-order valence-corrected chi connectivity index (χ2v) is 8.60. The van der Waals surface area contributed by atoms with E-state index in [0.29, 0.717) is 17.0 Å². The van der Waals surface area contributed by atoms with Gasteiger partial charge in [0.15, 0.2) is 11.6 Å². The molecule has 1 saturated carbocycles. The van der Waals surface area contributed by atoms with Crippen molar-refractivity contribution < 1.29 is 24.0 Å². The number of ketones is 3. The van der Waals surface area contributed by atoms with Crippen molar-refractivity contribution in [1.29, 1.82) is 0 Å². The molecule has 1 aliphatic heterocycles. The molecule has 0 unspecified atom stereocenters. The van der Waals surface area contributed by atoms with Gasteiger partial charge in [-0.05, 0) is 61.7 Å². The van der Waals surface area contributed by atoms with Crippen molar-refractivity contribution in [2.75, 3.05) is 0 Å². The number of nitrogens with zero attached hydrogens (tertiary/aromatic N) is 1. The van der Waals surface area contributed by atoms with E-state index in [4.69, 9.17) is 11.6 Å². The first-order chi connectivity index (χ1) is 14.7. The van der Waals surface area contributed by atoms with Crippen LogP contribution in [0.1, 0.15) is 69.2 Å². The molecule has 1 atom stereocenters. The number of imide groups is 1. The SMILES string of the molecule is C[C@]1(N2C(=O)c3ccc(CCC(=O)c4ccc(Cl)cc4)cc3C2=O)CCC(=O)CC1=O. The van der Waals surface area contributed by atoms with Crippen LogP contribution in [0, 0.1) is 0 Å². The molecule has 1 aliphatic carbocycles. The van der Waals surface area contributed by atoms with Crippen LogP contribution in [0.3, 0.4) is 0 Å². The van der Waals surface area contributed by atoms with E-state index in [1.54, 1.807) is 49.4 Å². The zero-order valence-electron chi connectivity index (χ0n) is 16.9. The van der Waals surface area contributed by atoms with E-state index >= 15 is 0 Å². The molecular formula is C24H20ClNO5. The van der Waals surface area contributed by atoms with Gasteiger partial charge in [0.25, 0.3) is 11.8 Å². The summed E-state index contributed by atoms with van der Waals surface area (Å²) in [5.41, 5.74) is 0.461. The Hall–Kier alpha value is -3.12. The van der Waals surface area contributed by atoms with Gasteiger partial charge < -0.3 is 0 Å². The van der Waals surface area contributed by atoms with E-state index in [1.165, 1.54) is 0 Å². The molecule has 2 aromatic carbocycles. The van der Waals surface area contributed by atoms with E-state index in [-0.39, 0.29) is 48.4 Å². The van der Waals surface area contributed by atoms with Crippen LogP contribution in [0.2, 0.25) is 5.02 Å². The molecule has 2 aliphatic rings. The van der Waals surface area contributed by atoms with Gasteiger partial charge in [-0.15, -0.1) is 0 Å². The molecule has 6 nitrogen and oxygen atoms in total. The highest BCUT2D eigenvalue weighted by molar-refractivity contribution is 6.30. The predicted molar refractivity (Wildman–Crippen MR) is 113 cm³/mol. The minimum Gasteiger partial charge on any atom is -0.299 e. The van der Waals surface area contributed by atoms with Gasteiger partial charge in [0.2, 0.25) is 0 Å². The molecular weight excluding hydrogens is 418 g/mol. The fraction of sp³-hybridized carbons (Fsp3) is 0.292. The van der Waals surface area contributed by atoms with Crippen molar-refractivity contribution in [3.63, 3.8) is 0 Å². The molecule has 1 fully saturated rings. The number of benzene rings is 2. The molecule has 0 aromatic heterocycles. The Balaban J connectivity index is 1.53. The van der Waals surface area contributed by atoms with Gasteiger partial charge in [0.1, 0.15) is 11.3 Å². The topological polar surface area (TPSA) is 88.6 Å². The molecule has 0 N–H and O–H groups in total. The average molecular weight is 438 g/mol. The maximum atomic E-state index is 13.1. The fourth-order valence-electron chi connectivity index (χ4n) is 4.15. The first kappa shape index (κ1) is 21.1. The summed E-state index contributed by atoms with van der Waals surface area (Å²) >= 11 is 5.85. The minimum absolute atomic E-state index is 0.0498. The highest BCUT2D eigenvalue weighted by Gasteiger charge is 2.52. The molecule has 0 saturated heterocycles. The zero-order chi connectivity index (χ0) is 22.3. The van der Waals surface area contributed by atoms with Crippen molar-refractivity contribution in [1.82, 2.24) is 4.90 Å². The number of halogens is 1. The van der Waals surface area contributed by atoms with E-state index in [9.17, 15) is 24.0 Å². The van der Waals surface area contributed by atoms with Crippen molar-refractivity contribution in [2.24, 2.45) is 0 Å². The maximum absolute atomic E-state index is 13.1. The summed E-state index contributed by atoms with van der Waals surface area (Å²) < 4.78 is 0. The average Bonchev–Trinajstić information content (AvgIpc) is 3.00. The molecule has 0 bridgehead atoms. The molecule has 4 rings (SSSR count). The van der Waals surface area contributed by atoms with Crippen molar-refractivity contribution in [3.05, 3.63) is 69.7 Å². The maximum Gasteiger partial charge on any atom is 0.262 e. The summed E-state index contributed by atoms with van der Waals surface area (Å²) in [5, 5.41) is 0.553. The van der Waals surface area contributed by atoms with E-state index in [2.05, 4.69) is 0 Å². The Morgan fingerprint density at radius 2 is 1.68 bits per heavy atom. The van der Waals surface area contributed by atoms with Crippen LogP contribution >= 0.6 is 11.6 Å². The summed E-state index contributed by atoms with van der Waals surface area (Å²) in [6, 6.07) is 11.6. The third-order valence-electron chi connectivity index (χ3n) is 6.10. The smallest absolute Gasteiger partial charge is 0.262 e. The third-order valence-corrected chi connectivity index (χ3v) is 6.35. The summed E-state index contributed by atoms with van der Waals surface area (Å²) in [6.45, 7) is 1.55. The Kier molecular flexibility index (Phi) is 5.35. The molecule has 2 amide bonds. The molecule has 0 spiro atoms. The molecule has 0 radical (unpaired) electrons. The second-order valence-electron chi connectivity index (χ2n) is 8.17. The van der Waals surface area contributed by atoms with Crippen molar-refractivity contribution in [2.45, 2.75) is 44.6 Å². The fourth-order valence-corrected chi connectivity index (χ4v) is 4.27. The molecule has 7 heteroatoms. The molecule has 1 heterocycles. The number of hydrogen-bond donors (Lipinski definition) is 0. The van der Waals surface area contributed by atoms with Gasteiger partial charge in [0.05, 0.1) is 17.5 Å². The number of hydrogen-bond acceptors (Lipinski definition) is 5. The van der Waals surface area contributed by atoms with Crippen molar-refractivity contribution in [3.8, 4) is 0 Å². The second kappa shape index (κ2) is 7.85. The van der Waals surface area contributed by atoms with Crippen molar-refractivity contribution >= 4 is 40.8 Å². The number of carbonyl (C=O) groups is 5. The number of carbonyl (C=O) groups excluding carboxylic acids is 5. The van der Waals surface area contributed by atoms with Gasteiger partial charge in [-0.2, -0.15) is 0 Å². The standard InChI is InChI=1S/C24H20ClNO5/c1-24(11-10-17(27)13-21(24)29)26-22(30)18-8-2-14(12-19(18)23(26)31)3-9-20(28)15-4-6-16(25)7-5-15/h2,4-8,12H,3,9-11,13H2,1H3/t24-/m0/s1. The number of rotatable bonds is 5. The lowest BCUT2D eigenvalue weighted by atomic mass is 9.80. The van der Waals surface area contributed by atoms with Crippen LogP contribution in [0.4, 0.5) is 0 Å². The van der Waals surface area contributed by atoms with Gasteiger partial charge in [-0.25, -0.2) is 0 Å². The predicted octanol–water partition coefficient (Wildman–Crippen LogP) is 3.83. The van der Waals surface area contributed by atoms with E-state index in [1.807, 2.05) is 0 Å². The van der Waals surface area contributed by atoms with Crippen LogP contribution in [0.5, 0.6) is 0 Å². The Morgan fingerprint density at radius 3 is 2.35 bits per heavy atom. The zero-order valence-corrected chi connectivity index (χ0v) is 17.7. The normalized spacial score (nSPS) is 20.9. The van der Waals surface area contributed by atoms with Crippen LogP contribution in [0.25, 0.3) is 0 Å². The number of fused-ring (bicyclic) bond motifs is 1. The van der Waals surface area contributed by atoms with Gasteiger partial charge in [-0.1, -0.05) is 17.7 Å². The Morgan fingerprint density at radius 1 is 1.00 bits per heavy atom. The first-order valence-electron chi connectivity index (χ1n) is 10.1. The summed E-state index contributed by atoms with van der Waals surface area (Å²) in [4.78, 5) is 63.6. The van der Waals surface area contributed by atoms with Gasteiger partial charge in [-0.3, -0.25) is 28.9 Å². The monoisotopic (exact) mass is 437 g/mol. The largest absolute Gasteiger partial charge is 0.299 e. The van der Waals surface area contributed by atoms with Crippen LogP contribution in [-0.2, 0) is 16.0 Å². The van der Waals surface area contributed by atoms with E-state index in [0.717, 1.165) is 10.5 Å². The Labute approximate surface area is 184 Å². The number of aryl methyl sites for hydroxylation is 1. The number of Topliss-reactive ketones (excluding diaryl/α,β-unsaturated/α-hetero) is 3. The summed E-state index contributed by atoms with van der Waals surface area (Å²) in [6.07, 6.45) is 0.680. The summed E-state index contributed by atoms with van der Waals surface area (Å²) in [5.74, 6) is -1.69. The lowest BCUT2D eigenvalue weighted by Crippen LogP contribution is -2.57. The van der Waals surface area contributed by atoms with Crippen LogP contribution in [0.15, 0.2) is 42.5 Å². The molecule has 158 valence electrons. The quantitative estimate of drug-likeness (QED) is 0.403. The lowest BCUT2D eigenvalue weighted by Gasteiger charge is -2.38. The van der Waals surface area contributed by atoms with Crippen LogP contribution < -0.4 is 0 Å². The third kappa shape index (κ3) is 3.72. The van der Waals surface area contributed by atoms with E-state index < -0.39 is 23.1 Å². The highest BCUT2D eigenvalue weighted by atomic mass is 35.5.